The molecule has 0 N–H and O–H groups in total. The molecule has 0 fully saturated rings. The van der Waals surface area contributed by atoms with E-state index < -0.39 is 0 Å². The van der Waals surface area contributed by atoms with Crippen LogP contribution in [0.5, 0.6) is 5.75 Å². The zero-order chi connectivity index (χ0) is 23.3. The van der Waals surface area contributed by atoms with E-state index in [9.17, 15) is 4.39 Å². The molecule has 0 aliphatic carbocycles. The van der Waals surface area contributed by atoms with E-state index in [2.05, 4.69) is 48.1 Å². The average Bonchev–Trinajstić information content (AvgIpc) is 2.85. The summed E-state index contributed by atoms with van der Waals surface area (Å²) >= 11 is 0. The van der Waals surface area contributed by atoms with Gasteiger partial charge in [0.2, 0.25) is 0 Å². The molecule has 0 aliphatic heterocycles. The van der Waals surface area contributed by atoms with Crippen molar-refractivity contribution in [3.05, 3.63) is 66.2 Å². The maximum Gasteiger partial charge on any atom is 0.165 e. The second-order valence-electron chi connectivity index (χ2n) is 8.71. The van der Waals surface area contributed by atoms with Gasteiger partial charge in [0, 0.05) is 23.5 Å². The van der Waals surface area contributed by atoms with Crippen LogP contribution in [-0.4, -0.2) is 16.6 Å². The first-order valence-electron chi connectivity index (χ1n) is 12.5. The quantitative estimate of drug-likeness (QED) is 0.232. The predicted octanol–water partition coefficient (Wildman–Crippen LogP) is 8.42. The van der Waals surface area contributed by atoms with Crippen molar-refractivity contribution in [2.75, 3.05) is 6.61 Å². The van der Waals surface area contributed by atoms with Crippen LogP contribution in [0.15, 0.2) is 54.9 Å². The van der Waals surface area contributed by atoms with Gasteiger partial charge in [-0.15, -0.1) is 0 Å². The second kappa shape index (κ2) is 13.7. The van der Waals surface area contributed by atoms with E-state index in [0.29, 0.717) is 18.0 Å². The van der Waals surface area contributed by atoms with E-state index in [4.69, 9.17) is 4.74 Å². The largest absolute Gasteiger partial charge is 0.491 e. The Kier molecular flexibility index (Phi) is 10.3. The van der Waals surface area contributed by atoms with Gasteiger partial charge in [0.1, 0.15) is 0 Å². The predicted molar refractivity (Wildman–Crippen MR) is 135 cm³/mol. The van der Waals surface area contributed by atoms with E-state index in [0.717, 1.165) is 30.4 Å². The number of benzene rings is 2. The molecule has 0 atom stereocenters. The molecule has 3 nitrogen and oxygen atoms in total. The van der Waals surface area contributed by atoms with Crippen LogP contribution in [-0.2, 0) is 6.42 Å². The molecular weight excluding hydrogens is 411 g/mol. The number of hydrogen-bond donors (Lipinski definition) is 0. The second-order valence-corrected chi connectivity index (χ2v) is 8.71. The van der Waals surface area contributed by atoms with Crippen LogP contribution in [0.1, 0.15) is 77.2 Å². The molecular formula is C29H37FN2O. The smallest absolute Gasteiger partial charge is 0.165 e. The first-order chi connectivity index (χ1) is 16.2. The molecule has 0 radical (unpaired) electrons. The molecule has 0 aliphatic rings. The molecule has 3 rings (SSSR count). The molecule has 0 bridgehead atoms. The lowest BCUT2D eigenvalue weighted by Crippen LogP contribution is -2.00. The summed E-state index contributed by atoms with van der Waals surface area (Å²) in [6.45, 7) is 4.95. The van der Waals surface area contributed by atoms with Crippen LogP contribution in [0.4, 0.5) is 4.39 Å². The number of unbranched alkanes of at least 4 members (excludes halogenated alkanes) is 7. The highest BCUT2D eigenvalue weighted by Crippen LogP contribution is 2.25. The highest BCUT2D eigenvalue weighted by molar-refractivity contribution is 5.64. The molecule has 0 saturated heterocycles. The third-order valence-electron chi connectivity index (χ3n) is 5.95. The van der Waals surface area contributed by atoms with Gasteiger partial charge < -0.3 is 4.74 Å². The number of aromatic nitrogens is 2. The van der Waals surface area contributed by atoms with Crippen molar-refractivity contribution in [2.45, 2.75) is 78.1 Å². The standard InChI is InChI=1S/C29H37FN2O/c1-3-5-7-9-10-12-23-13-15-24(16-14-23)26-21-31-29(32-22-26)25-17-18-28(27(30)20-25)33-19-11-8-6-4-2/h13-18,20-22H,3-12,19H2,1-2H3. The van der Waals surface area contributed by atoms with Gasteiger partial charge in [-0.3, -0.25) is 0 Å². The fraction of sp³-hybridized carbons (Fsp3) is 0.448. The number of aryl methyl sites for hydroxylation is 1. The van der Waals surface area contributed by atoms with Crippen molar-refractivity contribution in [2.24, 2.45) is 0 Å². The lowest BCUT2D eigenvalue weighted by molar-refractivity contribution is 0.290. The number of halogens is 1. The molecule has 1 heterocycles. The molecule has 4 heteroatoms. The first-order valence-corrected chi connectivity index (χ1v) is 12.5. The third-order valence-corrected chi connectivity index (χ3v) is 5.95. The molecule has 0 amide bonds. The van der Waals surface area contributed by atoms with Gasteiger partial charge in [-0.2, -0.15) is 0 Å². The number of rotatable bonds is 14. The van der Waals surface area contributed by atoms with E-state index in [1.54, 1.807) is 18.5 Å². The molecule has 3 aromatic rings. The molecule has 176 valence electrons. The maximum atomic E-state index is 14.5. The highest BCUT2D eigenvalue weighted by Gasteiger charge is 2.09. The minimum atomic E-state index is -0.374. The van der Waals surface area contributed by atoms with Gasteiger partial charge in [0.25, 0.3) is 0 Å². The van der Waals surface area contributed by atoms with Gasteiger partial charge in [-0.05, 0) is 48.6 Å². The maximum absolute atomic E-state index is 14.5. The molecule has 0 spiro atoms. The van der Waals surface area contributed by atoms with Crippen LogP contribution < -0.4 is 4.74 Å². The van der Waals surface area contributed by atoms with Crippen LogP contribution in [0.3, 0.4) is 0 Å². The van der Waals surface area contributed by atoms with Crippen LogP contribution in [0, 0.1) is 5.82 Å². The Hall–Kier alpha value is -2.75. The monoisotopic (exact) mass is 448 g/mol. The Labute approximate surface area is 198 Å². The minimum absolute atomic E-state index is 0.289. The van der Waals surface area contributed by atoms with E-state index in [1.807, 2.05) is 6.07 Å². The first kappa shape index (κ1) is 24.9. The summed E-state index contributed by atoms with van der Waals surface area (Å²) in [5.41, 5.74) is 4.07. The molecule has 0 unspecified atom stereocenters. The number of ether oxygens (including phenoxy) is 1. The fourth-order valence-electron chi connectivity index (χ4n) is 3.89. The Morgan fingerprint density at radius 3 is 2.00 bits per heavy atom. The Balaban J connectivity index is 1.55. The summed E-state index contributed by atoms with van der Waals surface area (Å²) in [4.78, 5) is 8.95. The average molecular weight is 449 g/mol. The number of hydrogen-bond acceptors (Lipinski definition) is 3. The van der Waals surface area contributed by atoms with Crippen molar-refractivity contribution in [1.29, 1.82) is 0 Å². The Morgan fingerprint density at radius 1 is 0.697 bits per heavy atom. The topological polar surface area (TPSA) is 35.0 Å². The fourth-order valence-corrected chi connectivity index (χ4v) is 3.89. The summed E-state index contributed by atoms with van der Waals surface area (Å²) in [6, 6.07) is 13.6. The molecule has 33 heavy (non-hydrogen) atoms. The summed E-state index contributed by atoms with van der Waals surface area (Å²) in [7, 11) is 0. The Morgan fingerprint density at radius 2 is 1.33 bits per heavy atom. The molecule has 2 aromatic carbocycles. The van der Waals surface area contributed by atoms with Gasteiger partial charge in [0.15, 0.2) is 17.4 Å². The van der Waals surface area contributed by atoms with Gasteiger partial charge in [-0.1, -0.05) is 83.1 Å². The highest BCUT2D eigenvalue weighted by atomic mass is 19.1. The zero-order valence-electron chi connectivity index (χ0n) is 20.2. The van der Waals surface area contributed by atoms with E-state index in [-0.39, 0.29) is 11.6 Å². The van der Waals surface area contributed by atoms with Crippen LogP contribution in [0.2, 0.25) is 0 Å². The minimum Gasteiger partial charge on any atom is -0.491 e. The van der Waals surface area contributed by atoms with Gasteiger partial charge in [-0.25, -0.2) is 14.4 Å². The summed E-state index contributed by atoms with van der Waals surface area (Å²) in [5.74, 6) is 0.425. The summed E-state index contributed by atoms with van der Waals surface area (Å²) < 4.78 is 20.0. The lowest BCUT2D eigenvalue weighted by Gasteiger charge is -2.09. The zero-order valence-corrected chi connectivity index (χ0v) is 20.2. The van der Waals surface area contributed by atoms with E-state index in [1.165, 1.54) is 56.6 Å². The van der Waals surface area contributed by atoms with Crippen molar-refractivity contribution in [3.8, 4) is 28.3 Å². The third kappa shape index (κ3) is 7.96. The van der Waals surface area contributed by atoms with Gasteiger partial charge >= 0.3 is 0 Å². The number of nitrogens with zero attached hydrogens (tertiary/aromatic N) is 2. The molecule has 0 saturated carbocycles. The summed E-state index contributed by atoms with van der Waals surface area (Å²) in [5, 5.41) is 0. The van der Waals surface area contributed by atoms with Gasteiger partial charge in [0.05, 0.1) is 6.61 Å². The SMILES string of the molecule is CCCCCCCc1ccc(-c2cnc(-c3ccc(OCCCCCC)c(F)c3)nc2)cc1. The molecule has 1 aromatic heterocycles. The summed E-state index contributed by atoms with van der Waals surface area (Å²) in [6.07, 6.45) is 15.6. The van der Waals surface area contributed by atoms with Crippen molar-refractivity contribution in [1.82, 2.24) is 9.97 Å². The van der Waals surface area contributed by atoms with Crippen molar-refractivity contribution < 1.29 is 9.13 Å². The Bertz CT molecular complexity index is 954. The van der Waals surface area contributed by atoms with Crippen molar-refractivity contribution >= 4 is 0 Å². The lowest BCUT2D eigenvalue weighted by atomic mass is 10.0. The van der Waals surface area contributed by atoms with Crippen molar-refractivity contribution in [3.63, 3.8) is 0 Å². The van der Waals surface area contributed by atoms with Crippen LogP contribution in [0.25, 0.3) is 22.5 Å². The van der Waals surface area contributed by atoms with Crippen LogP contribution >= 0.6 is 0 Å². The normalized spacial score (nSPS) is 11.0. The van der Waals surface area contributed by atoms with E-state index >= 15 is 0 Å².